The Hall–Kier alpha value is -2.02. The van der Waals surface area contributed by atoms with E-state index in [4.69, 9.17) is 4.74 Å². The number of likely N-dealkylation sites (tertiary alicyclic amines) is 1. The van der Waals surface area contributed by atoms with Gasteiger partial charge in [-0.05, 0) is 81.5 Å². The van der Waals surface area contributed by atoms with Crippen LogP contribution in [0.15, 0.2) is 65.6 Å². The van der Waals surface area contributed by atoms with Crippen LogP contribution in [0.4, 0.5) is 5.69 Å². The molecular formula is C28H36N3O3PS. The fraction of sp³-hybridized carbons (Fsp3) is 0.429. The van der Waals surface area contributed by atoms with Gasteiger partial charge in [0.05, 0.1) is 17.6 Å². The maximum Gasteiger partial charge on any atom is 0.324 e. The number of ether oxygens (including phenoxy) is 1. The zero-order valence-electron chi connectivity index (χ0n) is 21.2. The average molecular weight is 526 g/mol. The molecule has 1 atom stereocenters. The van der Waals surface area contributed by atoms with E-state index in [0.717, 1.165) is 58.9 Å². The summed E-state index contributed by atoms with van der Waals surface area (Å²) in [5.74, 6) is 1.53. The van der Waals surface area contributed by atoms with Gasteiger partial charge in [-0.1, -0.05) is 30.3 Å². The number of rotatable bonds is 8. The summed E-state index contributed by atoms with van der Waals surface area (Å²) in [7, 11) is 0.556. The molecule has 0 bridgehead atoms. The van der Waals surface area contributed by atoms with Gasteiger partial charge in [-0.3, -0.25) is 9.24 Å². The van der Waals surface area contributed by atoms with Crippen LogP contribution in [0.5, 0.6) is 5.75 Å². The van der Waals surface area contributed by atoms with E-state index in [0.29, 0.717) is 24.5 Å². The molecular weight excluding hydrogens is 489 g/mol. The largest absolute Gasteiger partial charge is 0.493 e. The van der Waals surface area contributed by atoms with Gasteiger partial charge in [0, 0.05) is 35.8 Å². The molecule has 6 nitrogen and oxygen atoms in total. The van der Waals surface area contributed by atoms with E-state index in [2.05, 4.69) is 23.9 Å². The number of benzene rings is 3. The third-order valence-corrected chi connectivity index (χ3v) is 10.4. The van der Waals surface area contributed by atoms with Gasteiger partial charge in [-0.2, -0.15) is 0 Å². The van der Waals surface area contributed by atoms with E-state index in [-0.39, 0.29) is 0 Å². The molecule has 3 aromatic rings. The van der Waals surface area contributed by atoms with Gasteiger partial charge in [0.2, 0.25) is 0 Å². The summed E-state index contributed by atoms with van der Waals surface area (Å²) in [5.41, 5.74) is 0.786. The molecule has 0 aliphatic carbocycles. The Bertz CT molecular complexity index is 1250. The van der Waals surface area contributed by atoms with Crippen LogP contribution >= 0.6 is 19.3 Å². The first-order valence-corrected chi connectivity index (χ1v) is 15.4. The summed E-state index contributed by atoms with van der Waals surface area (Å²) in [6, 6.07) is 20.1. The molecule has 1 N–H and O–H groups in total. The van der Waals surface area contributed by atoms with Crippen molar-refractivity contribution in [2.75, 3.05) is 57.3 Å². The third-order valence-electron chi connectivity index (χ3n) is 7.34. The number of hydrogen-bond acceptors (Lipinski definition) is 5. The Morgan fingerprint density at radius 3 is 2.58 bits per heavy atom. The van der Waals surface area contributed by atoms with Crippen molar-refractivity contribution < 1.29 is 14.2 Å². The van der Waals surface area contributed by atoms with E-state index in [1.807, 2.05) is 54.6 Å². The van der Waals surface area contributed by atoms with Crippen molar-refractivity contribution in [3.63, 3.8) is 0 Å². The van der Waals surface area contributed by atoms with Crippen LogP contribution in [0.1, 0.15) is 19.3 Å². The van der Waals surface area contributed by atoms with Gasteiger partial charge >= 0.3 is 7.52 Å². The van der Waals surface area contributed by atoms with Gasteiger partial charge in [-0.15, -0.1) is 11.8 Å². The number of piperidine rings is 1. The van der Waals surface area contributed by atoms with Crippen molar-refractivity contribution in [1.82, 2.24) is 9.80 Å². The van der Waals surface area contributed by atoms with Gasteiger partial charge in [0.25, 0.3) is 0 Å². The second-order valence-electron chi connectivity index (χ2n) is 9.92. The summed E-state index contributed by atoms with van der Waals surface area (Å²) in [5, 5.41) is 2.50. The van der Waals surface area contributed by atoms with E-state index < -0.39 is 7.52 Å². The maximum atomic E-state index is 13.8. The highest BCUT2D eigenvalue weighted by atomic mass is 32.2. The summed E-state index contributed by atoms with van der Waals surface area (Å²) in [6.07, 6.45) is 3.42. The fourth-order valence-corrected chi connectivity index (χ4v) is 8.05. The molecule has 1 saturated heterocycles. The minimum Gasteiger partial charge on any atom is -0.493 e. The monoisotopic (exact) mass is 525 g/mol. The Morgan fingerprint density at radius 2 is 1.81 bits per heavy atom. The Kier molecular flexibility index (Phi) is 7.94. The minimum atomic E-state index is -3.78. The molecule has 192 valence electrons. The van der Waals surface area contributed by atoms with Crippen molar-refractivity contribution in [3.8, 4) is 5.75 Å². The summed E-state index contributed by atoms with van der Waals surface area (Å²) in [6.45, 7) is 4.50. The Labute approximate surface area is 218 Å². The lowest BCUT2D eigenvalue weighted by atomic mass is 10.0. The van der Waals surface area contributed by atoms with E-state index >= 15 is 0 Å². The van der Waals surface area contributed by atoms with Gasteiger partial charge in [0.1, 0.15) is 5.75 Å². The van der Waals surface area contributed by atoms with Gasteiger partial charge < -0.3 is 19.4 Å². The molecule has 0 amide bonds. The first-order chi connectivity index (χ1) is 17.4. The standard InChI is InChI=1S/C28H36N3O3PS/c1-29(2)24-12-15-30(16-13-24)14-5-18-34-25-9-11-28-27(21-25)31(17-19-36-28)35(32,33)26-10-8-22-6-3-4-7-23(22)20-26/h3-4,6-11,20-21,24H,5,12-19H2,1-2H3,(H,32,33). The molecule has 2 aliphatic heterocycles. The van der Waals surface area contributed by atoms with Crippen LogP contribution in [0, 0.1) is 0 Å². The predicted octanol–water partition coefficient (Wildman–Crippen LogP) is 5.06. The minimum absolute atomic E-state index is 0.461. The highest BCUT2D eigenvalue weighted by molar-refractivity contribution is 7.99. The number of nitrogens with zero attached hydrogens (tertiary/aromatic N) is 3. The molecule has 5 rings (SSSR count). The summed E-state index contributed by atoms with van der Waals surface area (Å²) < 4.78 is 21.6. The molecule has 2 heterocycles. The van der Waals surface area contributed by atoms with E-state index in [1.54, 1.807) is 22.5 Å². The molecule has 0 aromatic heterocycles. The zero-order chi connectivity index (χ0) is 25.1. The number of hydrogen-bond donors (Lipinski definition) is 1. The van der Waals surface area contributed by atoms with Crippen LogP contribution in [0.2, 0.25) is 0 Å². The SMILES string of the molecule is CN(C)C1CCN(CCCOc2ccc3c(c2)N(P(=O)(O)c2ccc4ccccc4c2)CCS3)CC1. The summed E-state index contributed by atoms with van der Waals surface area (Å²) >= 11 is 1.72. The zero-order valence-corrected chi connectivity index (χ0v) is 22.9. The third kappa shape index (κ3) is 5.61. The molecule has 1 unspecified atom stereocenters. The Balaban J connectivity index is 1.24. The lowest BCUT2D eigenvalue weighted by Gasteiger charge is -2.35. The van der Waals surface area contributed by atoms with Crippen molar-refractivity contribution in [1.29, 1.82) is 0 Å². The van der Waals surface area contributed by atoms with Crippen molar-refractivity contribution >= 4 is 41.0 Å². The molecule has 8 heteroatoms. The van der Waals surface area contributed by atoms with Crippen LogP contribution in [-0.2, 0) is 4.57 Å². The van der Waals surface area contributed by atoms with Gasteiger partial charge in [-0.25, -0.2) is 0 Å². The number of fused-ring (bicyclic) bond motifs is 2. The molecule has 0 radical (unpaired) electrons. The molecule has 2 aliphatic rings. The maximum absolute atomic E-state index is 13.8. The van der Waals surface area contributed by atoms with E-state index in [9.17, 15) is 9.46 Å². The van der Waals surface area contributed by atoms with Crippen LogP contribution in [0.25, 0.3) is 10.8 Å². The van der Waals surface area contributed by atoms with Crippen molar-refractivity contribution in [3.05, 3.63) is 60.7 Å². The molecule has 1 fully saturated rings. The lowest BCUT2D eigenvalue weighted by Crippen LogP contribution is -2.42. The van der Waals surface area contributed by atoms with Crippen molar-refractivity contribution in [2.45, 2.75) is 30.2 Å². The lowest BCUT2D eigenvalue weighted by molar-refractivity contribution is 0.138. The normalized spacial score (nSPS) is 18.8. The highest BCUT2D eigenvalue weighted by Gasteiger charge is 2.34. The molecule has 0 saturated carbocycles. The first kappa shape index (κ1) is 25.6. The molecule has 36 heavy (non-hydrogen) atoms. The first-order valence-electron chi connectivity index (χ1n) is 12.8. The molecule has 0 spiro atoms. The smallest absolute Gasteiger partial charge is 0.324 e. The van der Waals surface area contributed by atoms with Crippen LogP contribution < -0.4 is 14.7 Å². The fourth-order valence-electron chi connectivity index (χ4n) is 5.19. The molecule has 3 aromatic carbocycles. The average Bonchev–Trinajstić information content (AvgIpc) is 2.90. The summed E-state index contributed by atoms with van der Waals surface area (Å²) in [4.78, 5) is 17.2. The van der Waals surface area contributed by atoms with E-state index in [1.165, 1.54) is 12.8 Å². The van der Waals surface area contributed by atoms with Crippen LogP contribution in [-0.4, -0.2) is 73.4 Å². The van der Waals surface area contributed by atoms with Crippen molar-refractivity contribution in [2.24, 2.45) is 0 Å². The van der Waals surface area contributed by atoms with Gasteiger partial charge in [0.15, 0.2) is 0 Å². The Morgan fingerprint density at radius 1 is 1.03 bits per heavy atom. The number of thioether (sulfide) groups is 1. The predicted molar refractivity (Wildman–Crippen MR) is 151 cm³/mol. The second kappa shape index (κ2) is 11.2. The quantitative estimate of drug-likeness (QED) is 0.326. The topological polar surface area (TPSA) is 56.2 Å². The van der Waals surface area contributed by atoms with Crippen LogP contribution in [0.3, 0.4) is 0 Å². The highest BCUT2D eigenvalue weighted by Crippen LogP contribution is 2.52. The number of anilines is 1. The second-order valence-corrected chi connectivity index (χ2v) is 13.1.